The minimum Gasteiger partial charge on any atom is -0.490 e. The molecule has 0 saturated carbocycles. The van der Waals surface area contributed by atoms with Gasteiger partial charge < -0.3 is 14.6 Å². The fourth-order valence-electron chi connectivity index (χ4n) is 3.42. The largest absolute Gasteiger partial charge is 0.490 e. The SMILES string of the molecule is C[C@@H]1CN(C[C@H](O)COc2ccccc2-c2ccccc2)C[C@H](C)O1. The standard InChI is InChI=1S/C21H27NO3/c1-16-12-22(13-17(2)25-16)14-19(23)15-24-21-11-7-6-10-20(21)18-8-4-3-5-9-18/h3-11,16-17,19,23H,12-15H2,1-2H3/t16-,17+,19-/m0/s1. The number of para-hydroxylation sites is 1. The van der Waals surface area contributed by atoms with Crippen LogP contribution in [0.5, 0.6) is 5.75 Å². The molecule has 1 aliphatic heterocycles. The van der Waals surface area contributed by atoms with Crippen molar-refractivity contribution < 1.29 is 14.6 Å². The molecule has 1 heterocycles. The van der Waals surface area contributed by atoms with E-state index in [4.69, 9.17) is 9.47 Å². The number of morpholine rings is 1. The van der Waals surface area contributed by atoms with E-state index in [1.807, 2.05) is 42.5 Å². The Labute approximate surface area is 150 Å². The molecule has 4 heteroatoms. The van der Waals surface area contributed by atoms with Crippen LogP contribution < -0.4 is 4.74 Å². The second kappa shape index (κ2) is 8.48. The summed E-state index contributed by atoms with van der Waals surface area (Å²) in [5.41, 5.74) is 2.16. The Bertz CT molecular complexity index is 651. The van der Waals surface area contributed by atoms with Crippen LogP contribution in [0.2, 0.25) is 0 Å². The summed E-state index contributed by atoms with van der Waals surface area (Å²) in [4.78, 5) is 2.25. The first-order valence-electron chi connectivity index (χ1n) is 8.95. The number of ether oxygens (including phenoxy) is 2. The third-order valence-corrected chi connectivity index (χ3v) is 4.37. The van der Waals surface area contributed by atoms with Crippen LogP contribution in [0.25, 0.3) is 11.1 Å². The van der Waals surface area contributed by atoms with E-state index in [2.05, 4.69) is 30.9 Å². The highest BCUT2D eigenvalue weighted by Gasteiger charge is 2.24. The van der Waals surface area contributed by atoms with Gasteiger partial charge in [-0.05, 0) is 25.5 Å². The van der Waals surface area contributed by atoms with Crippen LogP contribution in [-0.4, -0.2) is 54.6 Å². The van der Waals surface area contributed by atoms with E-state index < -0.39 is 6.10 Å². The minimum absolute atomic E-state index is 0.204. The summed E-state index contributed by atoms with van der Waals surface area (Å²) in [5, 5.41) is 10.4. The predicted octanol–water partition coefficient (Wildman–Crippen LogP) is 3.20. The normalized spacial score (nSPS) is 22.5. The summed E-state index contributed by atoms with van der Waals surface area (Å²) < 4.78 is 11.7. The average molecular weight is 341 g/mol. The lowest BCUT2D eigenvalue weighted by molar-refractivity contribution is -0.0786. The number of aliphatic hydroxyl groups is 1. The van der Waals surface area contributed by atoms with Gasteiger partial charge in [-0.1, -0.05) is 48.5 Å². The molecule has 0 aromatic heterocycles. The number of benzene rings is 2. The Morgan fingerprint density at radius 1 is 1.04 bits per heavy atom. The van der Waals surface area contributed by atoms with Crippen molar-refractivity contribution >= 4 is 0 Å². The maximum Gasteiger partial charge on any atom is 0.127 e. The summed E-state index contributed by atoms with van der Waals surface area (Å²) in [6.07, 6.45) is -0.118. The van der Waals surface area contributed by atoms with Gasteiger partial charge in [-0.25, -0.2) is 0 Å². The maximum absolute atomic E-state index is 10.4. The first-order chi connectivity index (χ1) is 12.1. The van der Waals surface area contributed by atoms with Crippen molar-refractivity contribution in [1.82, 2.24) is 4.90 Å². The third-order valence-electron chi connectivity index (χ3n) is 4.37. The molecule has 0 radical (unpaired) electrons. The molecule has 1 aliphatic rings. The van der Waals surface area contributed by atoms with Crippen molar-refractivity contribution in [3.8, 4) is 16.9 Å². The smallest absolute Gasteiger partial charge is 0.127 e. The number of β-amino-alcohol motifs (C(OH)–C–C–N with tert-alkyl or cyclic N) is 1. The molecule has 4 nitrogen and oxygen atoms in total. The summed E-state index contributed by atoms with van der Waals surface area (Å²) in [7, 11) is 0. The van der Waals surface area contributed by atoms with E-state index in [1.165, 1.54) is 0 Å². The van der Waals surface area contributed by atoms with Crippen molar-refractivity contribution in [3.05, 3.63) is 54.6 Å². The average Bonchev–Trinajstić information content (AvgIpc) is 2.60. The van der Waals surface area contributed by atoms with Crippen LogP contribution in [-0.2, 0) is 4.74 Å². The van der Waals surface area contributed by atoms with Gasteiger partial charge in [-0.2, -0.15) is 0 Å². The van der Waals surface area contributed by atoms with Crippen molar-refractivity contribution in [2.24, 2.45) is 0 Å². The zero-order chi connectivity index (χ0) is 17.6. The van der Waals surface area contributed by atoms with E-state index in [0.717, 1.165) is 30.0 Å². The molecule has 1 N–H and O–H groups in total. The van der Waals surface area contributed by atoms with Crippen LogP contribution in [0.1, 0.15) is 13.8 Å². The van der Waals surface area contributed by atoms with Crippen LogP contribution in [0.15, 0.2) is 54.6 Å². The molecular formula is C21H27NO3. The van der Waals surface area contributed by atoms with Crippen LogP contribution in [0.4, 0.5) is 0 Å². The number of rotatable bonds is 6. The summed E-state index contributed by atoms with van der Waals surface area (Å²) in [6.45, 7) is 6.73. The number of aliphatic hydroxyl groups excluding tert-OH is 1. The molecule has 1 fully saturated rings. The summed E-state index contributed by atoms with van der Waals surface area (Å²) >= 11 is 0. The summed E-state index contributed by atoms with van der Waals surface area (Å²) in [5.74, 6) is 0.802. The lowest BCUT2D eigenvalue weighted by Gasteiger charge is -2.36. The van der Waals surface area contributed by atoms with Crippen molar-refractivity contribution in [2.75, 3.05) is 26.2 Å². The zero-order valence-electron chi connectivity index (χ0n) is 15.0. The predicted molar refractivity (Wildman–Crippen MR) is 99.8 cm³/mol. The highest BCUT2D eigenvalue weighted by atomic mass is 16.5. The molecule has 2 aromatic rings. The molecule has 0 spiro atoms. The van der Waals surface area contributed by atoms with E-state index in [1.54, 1.807) is 0 Å². The fraction of sp³-hybridized carbons (Fsp3) is 0.429. The maximum atomic E-state index is 10.4. The zero-order valence-corrected chi connectivity index (χ0v) is 15.0. The van der Waals surface area contributed by atoms with Gasteiger partial charge in [0.25, 0.3) is 0 Å². The van der Waals surface area contributed by atoms with Gasteiger partial charge in [0.05, 0.1) is 12.2 Å². The van der Waals surface area contributed by atoms with Gasteiger partial charge in [0.15, 0.2) is 0 Å². The van der Waals surface area contributed by atoms with E-state index >= 15 is 0 Å². The van der Waals surface area contributed by atoms with Gasteiger partial charge in [0.1, 0.15) is 18.5 Å². The van der Waals surface area contributed by atoms with Gasteiger partial charge in [-0.3, -0.25) is 4.90 Å². The molecule has 3 rings (SSSR count). The van der Waals surface area contributed by atoms with Crippen molar-refractivity contribution in [3.63, 3.8) is 0 Å². The van der Waals surface area contributed by atoms with Gasteiger partial charge in [0.2, 0.25) is 0 Å². The van der Waals surface area contributed by atoms with E-state index in [9.17, 15) is 5.11 Å². The van der Waals surface area contributed by atoms with Crippen molar-refractivity contribution in [2.45, 2.75) is 32.2 Å². The van der Waals surface area contributed by atoms with Gasteiger partial charge >= 0.3 is 0 Å². The molecule has 134 valence electrons. The highest BCUT2D eigenvalue weighted by molar-refractivity contribution is 5.70. The Balaban J connectivity index is 1.58. The first-order valence-corrected chi connectivity index (χ1v) is 8.95. The molecule has 2 aromatic carbocycles. The second-order valence-electron chi connectivity index (χ2n) is 6.80. The molecule has 0 aliphatic carbocycles. The molecule has 25 heavy (non-hydrogen) atoms. The topological polar surface area (TPSA) is 41.9 Å². The molecular weight excluding hydrogens is 314 g/mol. The third kappa shape index (κ3) is 5.05. The lowest BCUT2D eigenvalue weighted by atomic mass is 10.1. The van der Waals surface area contributed by atoms with Crippen LogP contribution >= 0.6 is 0 Å². The molecule has 1 saturated heterocycles. The highest BCUT2D eigenvalue weighted by Crippen LogP contribution is 2.29. The minimum atomic E-state index is -0.527. The number of hydrogen-bond donors (Lipinski definition) is 1. The quantitative estimate of drug-likeness (QED) is 0.876. The Kier molecular flexibility index (Phi) is 6.08. The molecule has 0 unspecified atom stereocenters. The van der Waals surface area contributed by atoms with Crippen molar-refractivity contribution in [1.29, 1.82) is 0 Å². The monoisotopic (exact) mass is 341 g/mol. The molecule has 3 atom stereocenters. The van der Waals surface area contributed by atoms with Crippen LogP contribution in [0, 0.1) is 0 Å². The lowest BCUT2D eigenvalue weighted by Crippen LogP contribution is -2.48. The second-order valence-corrected chi connectivity index (χ2v) is 6.80. The summed E-state index contributed by atoms with van der Waals surface area (Å²) in [6, 6.07) is 18.1. The van der Waals surface area contributed by atoms with E-state index in [0.29, 0.717) is 6.54 Å². The Morgan fingerprint density at radius 3 is 2.40 bits per heavy atom. The molecule has 0 amide bonds. The Morgan fingerprint density at radius 2 is 1.68 bits per heavy atom. The number of nitrogens with zero attached hydrogens (tertiary/aromatic N) is 1. The van der Waals surface area contributed by atoms with Crippen LogP contribution in [0.3, 0.4) is 0 Å². The fourth-order valence-corrected chi connectivity index (χ4v) is 3.42. The first kappa shape index (κ1) is 17.9. The van der Waals surface area contributed by atoms with E-state index in [-0.39, 0.29) is 18.8 Å². The Hall–Kier alpha value is -1.88. The molecule has 0 bridgehead atoms. The van der Waals surface area contributed by atoms with Gasteiger partial charge in [0, 0.05) is 25.2 Å². The number of hydrogen-bond acceptors (Lipinski definition) is 4. The van der Waals surface area contributed by atoms with Gasteiger partial charge in [-0.15, -0.1) is 0 Å².